The molecule has 7 heterocycles. The summed E-state index contributed by atoms with van der Waals surface area (Å²) in [5.41, 5.74) is 4.79. The fraction of sp³-hybridized carbons (Fsp3) is 0.404. The van der Waals surface area contributed by atoms with Crippen molar-refractivity contribution < 1.29 is 29.0 Å². The van der Waals surface area contributed by atoms with Crippen LogP contribution in [0.25, 0.3) is 0 Å². The van der Waals surface area contributed by atoms with Gasteiger partial charge in [0.05, 0.1) is 13.1 Å². The molecule has 3 amide bonds. The van der Waals surface area contributed by atoms with Crippen molar-refractivity contribution in [2.45, 2.75) is 77.7 Å². The molecule has 11 rings (SSSR count). The van der Waals surface area contributed by atoms with Gasteiger partial charge in [-0.25, -0.2) is 14.4 Å². The summed E-state index contributed by atoms with van der Waals surface area (Å²) in [5, 5.41) is 11.1. The highest BCUT2D eigenvalue weighted by atomic mass is 32.1. The molecule has 0 saturated carbocycles. The first-order valence-electron chi connectivity index (χ1n) is 22.9. The number of rotatable bonds is 12. The summed E-state index contributed by atoms with van der Waals surface area (Å²) in [6.07, 6.45) is 5.41. The summed E-state index contributed by atoms with van der Waals surface area (Å²) in [6.45, 7) is 12.2. The van der Waals surface area contributed by atoms with Gasteiger partial charge < -0.3 is 14.6 Å². The highest BCUT2D eigenvalue weighted by Gasteiger charge is 2.38. The molecule has 0 aliphatic carbocycles. The lowest BCUT2D eigenvalue weighted by Gasteiger charge is -2.44. The van der Waals surface area contributed by atoms with Gasteiger partial charge in [0.25, 0.3) is 0 Å². The topological polar surface area (TPSA) is 106 Å². The number of piperidine rings is 6. The van der Waals surface area contributed by atoms with Crippen LogP contribution in [0.4, 0.5) is 31.4 Å². The van der Waals surface area contributed by atoms with Gasteiger partial charge in [0, 0.05) is 41.6 Å². The number of benzene rings is 4. The van der Waals surface area contributed by atoms with Gasteiger partial charge >= 0.3 is 18.3 Å². The van der Waals surface area contributed by atoms with E-state index in [9.17, 15) is 14.4 Å². The van der Waals surface area contributed by atoms with Gasteiger partial charge in [0.15, 0.2) is 0 Å². The third-order valence-electron chi connectivity index (χ3n) is 12.7. The number of amides is 3. The lowest BCUT2D eigenvalue weighted by molar-refractivity contribution is -0.0313. The maximum atomic E-state index is 13.1. The molecule has 4 aromatic carbocycles. The standard InChI is InChI=1S/C22H26N2O2.C18H26N2O2.C12H11NO2S/c1-17-7-9-20(10-8-17)24(15-18-5-3-2-4-6-18)22(25)26-21-16-23-13-11-19(21)12-14-23;1-2-3-11-20(16-7-5-4-6-8-16)18(21)22-17-14-19-12-9-15(17)10-13-19;14-12(15)13(9-11-7-4-8-16-11)10-5-2-1-3-6-10/h2-10,19,21H,11-16H2,1H3;4-8,15,17H,2-3,9-14H2,1H3;1-8H,9H2,(H,14,15)/t21-;17-;/m00./s1. The van der Waals surface area contributed by atoms with Gasteiger partial charge in [-0.05, 0) is 130 Å². The Labute approximate surface area is 382 Å². The normalized spacial score (nSPS) is 21.5. The molecule has 6 aliphatic heterocycles. The van der Waals surface area contributed by atoms with Crippen molar-refractivity contribution in [3.05, 3.63) is 149 Å². The minimum Gasteiger partial charge on any atom is -0.465 e. The summed E-state index contributed by atoms with van der Waals surface area (Å²) in [4.78, 5) is 47.6. The molecule has 6 fully saturated rings. The molecule has 2 atom stereocenters. The second-order valence-electron chi connectivity index (χ2n) is 17.2. The molecule has 64 heavy (non-hydrogen) atoms. The van der Waals surface area contributed by atoms with Gasteiger partial charge in [-0.1, -0.05) is 104 Å². The van der Waals surface area contributed by atoms with Crippen molar-refractivity contribution in [2.24, 2.45) is 11.8 Å². The number of hydrogen-bond acceptors (Lipinski definition) is 8. The molecule has 12 heteroatoms. The highest BCUT2D eigenvalue weighted by Crippen LogP contribution is 2.32. The molecule has 0 radical (unpaired) electrons. The van der Waals surface area contributed by atoms with Crippen LogP contribution >= 0.6 is 11.3 Å². The molecule has 11 nitrogen and oxygen atoms in total. The van der Waals surface area contributed by atoms with Gasteiger partial charge in [0.1, 0.15) is 12.2 Å². The number of ether oxygens (including phenoxy) is 2. The first-order chi connectivity index (χ1) is 31.2. The van der Waals surface area contributed by atoms with Crippen LogP contribution in [0, 0.1) is 18.8 Å². The van der Waals surface area contributed by atoms with Crippen molar-refractivity contribution in [3.63, 3.8) is 0 Å². The summed E-state index contributed by atoms with van der Waals surface area (Å²) in [7, 11) is 0. The summed E-state index contributed by atoms with van der Waals surface area (Å²) >= 11 is 1.56. The molecule has 1 N–H and O–H groups in total. The first-order valence-corrected chi connectivity index (χ1v) is 23.8. The molecular weight excluding hydrogens is 823 g/mol. The lowest BCUT2D eigenvalue weighted by Crippen LogP contribution is -2.53. The zero-order chi connectivity index (χ0) is 44.7. The number of carbonyl (C=O) groups excluding carboxylic acids is 2. The SMILES string of the molecule is CCCCN(C(=O)O[C@H]1CN2CCC1CC2)c1ccccc1.Cc1ccc(N(Cc2ccccc2)C(=O)O[C@H]2CN3CCC2CC3)cc1.O=C(O)N(Cc1cccs1)c1ccccc1. The quantitative estimate of drug-likeness (QED) is 0.132. The van der Waals surface area contributed by atoms with Crippen molar-refractivity contribution in [1.29, 1.82) is 0 Å². The average Bonchev–Trinajstić information content (AvgIpc) is 3.86. The molecular formula is C52H63N5O6S. The molecule has 0 unspecified atom stereocenters. The summed E-state index contributed by atoms with van der Waals surface area (Å²) < 4.78 is 11.9. The second kappa shape index (κ2) is 23.3. The van der Waals surface area contributed by atoms with E-state index >= 15 is 0 Å². The zero-order valence-electron chi connectivity index (χ0n) is 37.3. The minimum absolute atomic E-state index is 0.0220. The Morgan fingerprint density at radius 3 is 1.55 bits per heavy atom. The Bertz CT molecular complexity index is 2160. The van der Waals surface area contributed by atoms with Crippen molar-refractivity contribution in [3.8, 4) is 0 Å². The molecule has 4 bridgehead atoms. The number of hydrogen-bond donors (Lipinski definition) is 1. The fourth-order valence-corrected chi connectivity index (χ4v) is 9.61. The third-order valence-corrected chi connectivity index (χ3v) is 13.5. The van der Waals surface area contributed by atoms with Crippen LogP contribution < -0.4 is 14.7 Å². The zero-order valence-corrected chi connectivity index (χ0v) is 38.1. The summed E-state index contributed by atoms with van der Waals surface area (Å²) in [5.74, 6) is 1.07. The van der Waals surface area contributed by atoms with Crippen molar-refractivity contribution in [1.82, 2.24) is 9.80 Å². The molecule has 5 aromatic rings. The second-order valence-corrected chi connectivity index (χ2v) is 18.2. The summed E-state index contributed by atoms with van der Waals surface area (Å²) in [6, 6.07) is 41.0. The Morgan fingerprint density at radius 2 is 1.09 bits per heavy atom. The highest BCUT2D eigenvalue weighted by molar-refractivity contribution is 7.09. The van der Waals surface area contributed by atoms with Crippen LogP contribution in [0.15, 0.2) is 133 Å². The largest absolute Gasteiger partial charge is 0.465 e. The van der Waals surface area contributed by atoms with E-state index in [1.165, 1.54) is 10.5 Å². The van der Waals surface area contributed by atoms with Crippen molar-refractivity contribution in [2.75, 3.05) is 60.5 Å². The van der Waals surface area contributed by atoms with Gasteiger partial charge in [-0.2, -0.15) is 0 Å². The number of unbranched alkanes of at least 4 members (excludes halogenated alkanes) is 1. The predicted molar refractivity (Wildman–Crippen MR) is 256 cm³/mol. The van der Waals surface area contributed by atoms with Gasteiger partial charge in [-0.15, -0.1) is 11.3 Å². The number of aryl methyl sites for hydroxylation is 1. The van der Waals surface area contributed by atoms with Crippen LogP contribution in [0.1, 0.15) is 61.5 Å². The Morgan fingerprint density at radius 1 is 0.609 bits per heavy atom. The van der Waals surface area contributed by atoms with E-state index in [-0.39, 0.29) is 24.4 Å². The maximum Gasteiger partial charge on any atom is 0.414 e. The van der Waals surface area contributed by atoms with E-state index in [0.29, 0.717) is 30.6 Å². The molecule has 6 saturated heterocycles. The number of carbonyl (C=O) groups is 3. The number of anilines is 3. The third kappa shape index (κ3) is 13.0. The molecule has 1 aromatic heterocycles. The predicted octanol–water partition coefficient (Wildman–Crippen LogP) is 11.2. The van der Waals surface area contributed by atoms with E-state index in [1.54, 1.807) is 33.3 Å². The minimum atomic E-state index is -0.931. The van der Waals surface area contributed by atoms with Crippen molar-refractivity contribution >= 4 is 46.7 Å². The van der Waals surface area contributed by atoms with Crippen LogP contribution in [-0.2, 0) is 22.6 Å². The Balaban J connectivity index is 0.000000148. The van der Waals surface area contributed by atoms with Crippen LogP contribution in [-0.4, -0.2) is 91.2 Å². The van der Waals surface area contributed by atoms with Crippen LogP contribution in [0.3, 0.4) is 0 Å². The number of para-hydroxylation sites is 2. The monoisotopic (exact) mass is 885 g/mol. The van der Waals surface area contributed by atoms with Crippen LogP contribution in [0.5, 0.6) is 0 Å². The van der Waals surface area contributed by atoms with E-state index in [2.05, 4.69) is 23.6 Å². The number of nitrogens with zero attached hydrogens (tertiary/aromatic N) is 5. The number of fused-ring (bicyclic) bond motifs is 6. The van der Waals surface area contributed by atoms with Gasteiger partial charge in [0.2, 0.25) is 0 Å². The van der Waals surface area contributed by atoms with Crippen LogP contribution in [0.2, 0.25) is 0 Å². The van der Waals surface area contributed by atoms with E-state index < -0.39 is 6.09 Å². The van der Waals surface area contributed by atoms with E-state index in [0.717, 1.165) is 106 Å². The number of carboxylic acid groups (broad SMARTS) is 1. The fourth-order valence-electron chi connectivity index (χ4n) is 8.91. The Kier molecular flexibility index (Phi) is 16.9. The molecule has 6 aliphatic rings. The molecule has 338 valence electrons. The van der Waals surface area contributed by atoms with E-state index in [1.807, 2.05) is 121 Å². The Hall–Kier alpha value is -5.69. The van der Waals surface area contributed by atoms with Gasteiger partial charge in [-0.3, -0.25) is 24.5 Å². The molecule has 0 spiro atoms. The van der Waals surface area contributed by atoms with E-state index in [4.69, 9.17) is 14.6 Å². The number of thiophene rings is 1. The average molecular weight is 886 g/mol. The lowest BCUT2D eigenvalue weighted by atomic mass is 9.86. The maximum absolute atomic E-state index is 13.1. The smallest absolute Gasteiger partial charge is 0.414 e. The first kappa shape index (κ1) is 46.3.